The Kier molecular flexibility index (Phi) is 4.91. The number of nitrogens with zero attached hydrogens (tertiary/aromatic N) is 1. The van der Waals surface area contributed by atoms with Crippen LogP contribution in [0.3, 0.4) is 0 Å². The zero-order valence-electron chi connectivity index (χ0n) is 9.94. The number of benzene rings is 1. The van der Waals surface area contributed by atoms with Crippen LogP contribution >= 0.6 is 11.6 Å². The Morgan fingerprint density at radius 3 is 2.50 bits per heavy atom. The normalized spacial score (nSPS) is 9.94. The maximum absolute atomic E-state index is 11.2. The average Bonchev–Trinajstić information content (AvgIpc) is 2.37. The molecule has 0 atom stereocenters. The lowest BCUT2D eigenvalue weighted by molar-refractivity contribution is -0.385. The summed E-state index contributed by atoms with van der Waals surface area (Å²) in [4.78, 5) is 21.5. The standard InChI is InChI=1S/C11H12ClNO5/c1-17-10-5-9(13(15)16)8(6-12)3-7(10)4-11(14)18-2/h3,5H,4,6H2,1-2H3. The van der Waals surface area contributed by atoms with Crippen molar-refractivity contribution in [3.63, 3.8) is 0 Å². The van der Waals surface area contributed by atoms with Crippen LogP contribution in [0.25, 0.3) is 0 Å². The predicted molar refractivity (Wildman–Crippen MR) is 64.9 cm³/mol. The number of halogens is 1. The number of hydrogen-bond donors (Lipinski definition) is 0. The maximum Gasteiger partial charge on any atom is 0.310 e. The minimum atomic E-state index is -0.540. The van der Waals surface area contributed by atoms with E-state index < -0.39 is 10.9 Å². The van der Waals surface area contributed by atoms with E-state index in [2.05, 4.69) is 4.74 Å². The minimum Gasteiger partial charge on any atom is -0.496 e. The largest absolute Gasteiger partial charge is 0.496 e. The average molecular weight is 274 g/mol. The Labute approximate surface area is 109 Å². The van der Waals surface area contributed by atoms with E-state index in [1.54, 1.807) is 0 Å². The van der Waals surface area contributed by atoms with Crippen molar-refractivity contribution in [3.05, 3.63) is 33.4 Å². The molecule has 0 bridgehead atoms. The summed E-state index contributed by atoms with van der Waals surface area (Å²) in [6.07, 6.45) is -0.0262. The number of carbonyl (C=O) groups excluding carboxylic acids is 1. The topological polar surface area (TPSA) is 78.7 Å². The maximum atomic E-state index is 11.2. The molecule has 0 saturated carbocycles. The number of hydrogen-bond acceptors (Lipinski definition) is 5. The molecule has 98 valence electrons. The zero-order chi connectivity index (χ0) is 13.7. The lowest BCUT2D eigenvalue weighted by Gasteiger charge is -2.09. The van der Waals surface area contributed by atoms with Gasteiger partial charge in [0.05, 0.1) is 37.5 Å². The van der Waals surface area contributed by atoms with E-state index in [-0.39, 0.29) is 23.7 Å². The van der Waals surface area contributed by atoms with Gasteiger partial charge >= 0.3 is 5.97 Å². The van der Waals surface area contributed by atoms with Gasteiger partial charge < -0.3 is 9.47 Å². The van der Waals surface area contributed by atoms with Crippen LogP contribution in [0.4, 0.5) is 5.69 Å². The third-order valence-electron chi connectivity index (χ3n) is 2.38. The number of ether oxygens (including phenoxy) is 2. The molecule has 0 N–H and O–H groups in total. The van der Waals surface area contributed by atoms with Crippen molar-refractivity contribution in [2.24, 2.45) is 0 Å². The van der Waals surface area contributed by atoms with Crippen LogP contribution in [0.15, 0.2) is 12.1 Å². The van der Waals surface area contributed by atoms with Crippen LogP contribution in [-0.4, -0.2) is 25.1 Å². The molecule has 6 nitrogen and oxygen atoms in total. The first-order valence-electron chi connectivity index (χ1n) is 5.00. The van der Waals surface area contributed by atoms with Crippen molar-refractivity contribution < 1.29 is 19.2 Å². The van der Waals surface area contributed by atoms with Gasteiger partial charge in [0.2, 0.25) is 0 Å². The molecule has 0 unspecified atom stereocenters. The van der Waals surface area contributed by atoms with Crippen molar-refractivity contribution in [2.75, 3.05) is 14.2 Å². The summed E-state index contributed by atoms with van der Waals surface area (Å²) in [5.41, 5.74) is 0.711. The first kappa shape index (κ1) is 14.2. The highest BCUT2D eigenvalue weighted by Gasteiger charge is 2.19. The lowest BCUT2D eigenvalue weighted by Crippen LogP contribution is -2.07. The molecule has 0 saturated heterocycles. The van der Waals surface area contributed by atoms with Crippen molar-refractivity contribution in [3.8, 4) is 5.75 Å². The quantitative estimate of drug-likeness (QED) is 0.355. The number of rotatable bonds is 5. The summed E-state index contributed by atoms with van der Waals surface area (Å²) in [5, 5.41) is 10.8. The van der Waals surface area contributed by atoms with Crippen LogP contribution in [0.1, 0.15) is 11.1 Å². The van der Waals surface area contributed by atoms with E-state index >= 15 is 0 Å². The second kappa shape index (κ2) is 6.20. The van der Waals surface area contributed by atoms with Gasteiger partial charge in [-0.3, -0.25) is 14.9 Å². The fraction of sp³-hybridized carbons (Fsp3) is 0.364. The molecule has 0 fully saturated rings. The van der Waals surface area contributed by atoms with Gasteiger partial charge in [-0.1, -0.05) is 0 Å². The van der Waals surface area contributed by atoms with Crippen molar-refractivity contribution in [1.29, 1.82) is 0 Å². The number of nitro benzene ring substituents is 1. The molecule has 1 rings (SSSR count). The van der Waals surface area contributed by atoms with E-state index in [9.17, 15) is 14.9 Å². The van der Waals surface area contributed by atoms with E-state index in [4.69, 9.17) is 16.3 Å². The molecule has 0 heterocycles. The highest BCUT2D eigenvalue weighted by Crippen LogP contribution is 2.30. The minimum absolute atomic E-state index is 0.0194. The van der Waals surface area contributed by atoms with E-state index in [0.29, 0.717) is 11.1 Å². The molecule has 0 aliphatic heterocycles. The van der Waals surface area contributed by atoms with E-state index in [1.165, 1.54) is 26.4 Å². The van der Waals surface area contributed by atoms with E-state index in [1.807, 2.05) is 0 Å². The highest BCUT2D eigenvalue weighted by molar-refractivity contribution is 6.17. The molecule has 0 spiro atoms. The molecule has 18 heavy (non-hydrogen) atoms. The monoisotopic (exact) mass is 273 g/mol. The van der Waals surface area contributed by atoms with Gasteiger partial charge in [-0.05, 0) is 6.07 Å². The third kappa shape index (κ3) is 3.10. The molecule has 0 aliphatic rings. The molecule has 0 aliphatic carbocycles. The molecule has 0 aromatic heterocycles. The van der Waals surface area contributed by atoms with E-state index in [0.717, 1.165) is 0 Å². The molecule has 0 amide bonds. The number of alkyl halides is 1. The second-order valence-corrected chi connectivity index (χ2v) is 3.70. The molecule has 1 aromatic carbocycles. The molecular formula is C11H12ClNO5. The van der Waals surface area contributed by atoms with Gasteiger partial charge in [-0.15, -0.1) is 11.6 Å². The second-order valence-electron chi connectivity index (χ2n) is 3.44. The Morgan fingerprint density at radius 2 is 2.06 bits per heavy atom. The Morgan fingerprint density at radius 1 is 1.39 bits per heavy atom. The SMILES string of the molecule is COC(=O)Cc1cc(CCl)c([N+](=O)[O-])cc1OC. The highest BCUT2D eigenvalue weighted by atomic mass is 35.5. The molecule has 1 aromatic rings. The summed E-state index contributed by atoms with van der Waals surface area (Å²) in [7, 11) is 2.64. The Bertz CT molecular complexity index is 475. The third-order valence-corrected chi connectivity index (χ3v) is 2.67. The predicted octanol–water partition coefficient (Wildman–Crippen LogP) is 2.06. The van der Waals surface area contributed by atoms with Crippen molar-refractivity contribution in [1.82, 2.24) is 0 Å². The molecule has 7 heteroatoms. The summed E-state index contributed by atoms with van der Waals surface area (Å²) < 4.78 is 9.57. The number of esters is 1. The lowest BCUT2D eigenvalue weighted by atomic mass is 10.1. The van der Waals surface area contributed by atoms with Gasteiger partial charge in [-0.2, -0.15) is 0 Å². The number of nitro groups is 1. The number of carbonyl (C=O) groups is 1. The summed E-state index contributed by atoms with van der Waals surface area (Å²) >= 11 is 5.65. The van der Waals surface area contributed by atoms with Gasteiger partial charge in [0.1, 0.15) is 5.75 Å². The van der Waals surface area contributed by atoms with Gasteiger partial charge in [0, 0.05) is 11.1 Å². The summed E-state index contributed by atoms with van der Waals surface area (Å²) in [6, 6.07) is 2.75. The number of methoxy groups -OCH3 is 2. The van der Waals surface area contributed by atoms with Crippen LogP contribution < -0.4 is 4.74 Å². The van der Waals surface area contributed by atoms with Crippen LogP contribution in [0.2, 0.25) is 0 Å². The fourth-order valence-corrected chi connectivity index (χ4v) is 1.71. The molecular weight excluding hydrogens is 262 g/mol. The first-order valence-corrected chi connectivity index (χ1v) is 5.53. The summed E-state index contributed by atoms with van der Waals surface area (Å²) in [6.45, 7) is 0. The Hall–Kier alpha value is -1.82. The van der Waals surface area contributed by atoms with Crippen LogP contribution in [-0.2, 0) is 21.8 Å². The first-order chi connectivity index (χ1) is 8.53. The smallest absolute Gasteiger partial charge is 0.310 e. The fourth-order valence-electron chi connectivity index (χ4n) is 1.50. The van der Waals surface area contributed by atoms with Crippen LogP contribution in [0.5, 0.6) is 5.75 Å². The van der Waals surface area contributed by atoms with Gasteiger partial charge in [-0.25, -0.2) is 0 Å². The van der Waals surface area contributed by atoms with Crippen molar-refractivity contribution in [2.45, 2.75) is 12.3 Å². The molecule has 0 radical (unpaired) electrons. The van der Waals surface area contributed by atoms with Crippen LogP contribution in [0, 0.1) is 10.1 Å². The summed E-state index contributed by atoms with van der Waals surface area (Å²) in [5.74, 6) is -0.210. The van der Waals surface area contributed by atoms with Crippen molar-refractivity contribution >= 4 is 23.3 Å². The van der Waals surface area contributed by atoms with Gasteiger partial charge in [0.15, 0.2) is 0 Å². The Balaban J connectivity index is 3.26. The zero-order valence-corrected chi connectivity index (χ0v) is 10.7. The van der Waals surface area contributed by atoms with Gasteiger partial charge in [0.25, 0.3) is 5.69 Å².